The van der Waals surface area contributed by atoms with Crippen molar-refractivity contribution in [1.29, 1.82) is 0 Å². The molecule has 1 aromatic carbocycles. The lowest BCUT2D eigenvalue weighted by Gasteiger charge is -2.33. The van der Waals surface area contributed by atoms with Gasteiger partial charge in [-0.3, -0.25) is 14.4 Å². The highest BCUT2D eigenvalue weighted by Crippen LogP contribution is 2.27. The van der Waals surface area contributed by atoms with Crippen LogP contribution in [0.1, 0.15) is 36.8 Å². The molecule has 1 amide bonds. The number of aryl methyl sites for hydroxylation is 2. The summed E-state index contributed by atoms with van der Waals surface area (Å²) in [4.78, 5) is 14.8. The van der Waals surface area contributed by atoms with E-state index in [9.17, 15) is 4.79 Å². The molecule has 2 atom stereocenters. The number of likely N-dealkylation sites (tertiary alicyclic amines) is 1. The molecule has 2 fully saturated rings. The number of carbonyl (C=O) groups is 1. The van der Waals surface area contributed by atoms with Crippen LogP contribution in [0.5, 0.6) is 0 Å². The number of piperidine rings is 1. The summed E-state index contributed by atoms with van der Waals surface area (Å²) >= 11 is 0. The Hall–Kier alpha value is -1.89. The van der Waals surface area contributed by atoms with Gasteiger partial charge in [-0.1, -0.05) is 17.7 Å². The Morgan fingerprint density at radius 2 is 2.13 bits per heavy atom. The number of nitrogens with one attached hydrogen (secondary N) is 2. The van der Waals surface area contributed by atoms with E-state index in [4.69, 9.17) is 0 Å². The van der Waals surface area contributed by atoms with Crippen molar-refractivity contribution in [2.75, 3.05) is 26.2 Å². The van der Waals surface area contributed by atoms with Crippen LogP contribution in [0.3, 0.4) is 0 Å². The Balaban J connectivity index is 0.00000256. The number of rotatable bonds is 6. The summed E-state index contributed by atoms with van der Waals surface area (Å²) in [5.41, 5.74) is 5.05. The van der Waals surface area contributed by atoms with E-state index in [-0.39, 0.29) is 24.4 Å². The van der Waals surface area contributed by atoms with Gasteiger partial charge in [0, 0.05) is 38.4 Å². The Bertz CT molecular complexity index is 846. The third-order valence-corrected chi connectivity index (χ3v) is 6.30. The minimum Gasteiger partial charge on any atom is -0.354 e. The predicted octanol–water partition coefficient (Wildman–Crippen LogP) is 2.90. The largest absolute Gasteiger partial charge is 0.354 e. The highest BCUT2D eigenvalue weighted by Gasteiger charge is 2.25. The fourth-order valence-electron chi connectivity index (χ4n) is 4.68. The molecule has 3 heterocycles. The van der Waals surface area contributed by atoms with E-state index in [0.717, 1.165) is 51.3 Å². The molecular weight excluding hydrogens is 398 g/mol. The van der Waals surface area contributed by atoms with Crippen molar-refractivity contribution in [2.45, 2.75) is 45.2 Å². The Kier molecular flexibility index (Phi) is 7.92. The Labute approximate surface area is 185 Å². The number of amides is 1. The molecule has 30 heavy (non-hydrogen) atoms. The second-order valence-corrected chi connectivity index (χ2v) is 8.64. The molecule has 2 saturated heterocycles. The quantitative estimate of drug-likeness (QED) is 0.738. The summed E-state index contributed by atoms with van der Waals surface area (Å²) in [5, 5.41) is 10.8. The number of benzene rings is 1. The van der Waals surface area contributed by atoms with Gasteiger partial charge in [0.25, 0.3) is 0 Å². The zero-order chi connectivity index (χ0) is 20.2. The molecule has 2 aromatic rings. The third-order valence-electron chi connectivity index (χ3n) is 6.30. The van der Waals surface area contributed by atoms with Crippen molar-refractivity contribution in [3.05, 3.63) is 41.6 Å². The lowest BCUT2D eigenvalue weighted by Crippen LogP contribution is -2.45. The lowest BCUT2D eigenvalue weighted by molar-refractivity contribution is -0.123. The molecular formula is C23H34ClN5O. The predicted molar refractivity (Wildman–Crippen MR) is 123 cm³/mol. The smallest absolute Gasteiger partial charge is 0.237 e. The maximum atomic E-state index is 12.3. The van der Waals surface area contributed by atoms with Crippen LogP contribution >= 0.6 is 12.4 Å². The van der Waals surface area contributed by atoms with E-state index in [1.54, 1.807) is 0 Å². The molecule has 4 rings (SSSR count). The SMILES string of the molecule is Cc1ccc(CN2CCCC(CNC(=O)C3CCCN3)C2)c(-c2ccnn2C)c1.Cl. The maximum absolute atomic E-state index is 12.3. The van der Waals surface area contributed by atoms with E-state index < -0.39 is 0 Å². The summed E-state index contributed by atoms with van der Waals surface area (Å²) in [5.74, 6) is 0.705. The van der Waals surface area contributed by atoms with Gasteiger partial charge in [-0.25, -0.2) is 0 Å². The summed E-state index contributed by atoms with van der Waals surface area (Å²) in [7, 11) is 2.00. The van der Waals surface area contributed by atoms with Crippen LogP contribution in [-0.4, -0.2) is 52.8 Å². The molecule has 164 valence electrons. The monoisotopic (exact) mass is 431 g/mol. The zero-order valence-electron chi connectivity index (χ0n) is 18.1. The molecule has 0 bridgehead atoms. The van der Waals surface area contributed by atoms with E-state index >= 15 is 0 Å². The van der Waals surface area contributed by atoms with Crippen LogP contribution < -0.4 is 10.6 Å². The zero-order valence-corrected chi connectivity index (χ0v) is 18.9. The average Bonchev–Trinajstić information content (AvgIpc) is 3.40. The van der Waals surface area contributed by atoms with E-state index in [0.29, 0.717) is 5.92 Å². The van der Waals surface area contributed by atoms with Gasteiger partial charge >= 0.3 is 0 Å². The van der Waals surface area contributed by atoms with Crippen molar-refractivity contribution >= 4 is 18.3 Å². The number of nitrogens with zero attached hydrogens (tertiary/aromatic N) is 3. The third kappa shape index (κ3) is 5.42. The van der Waals surface area contributed by atoms with Crippen LogP contribution in [-0.2, 0) is 18.4 Å². The normalized spacial score (nSPS) is 21.9. The Morgan fingerprint density at radius 1 is 1.27 bits per heavy atom. The summed E-state index contributed by atoms with van der Waals surface area (Å²) in [6, 6.07) is 8.83. The molecule has 2 N–H and O–H groups in total. The fourth-order valence-corrected chi connectivity index (χ4v) is 4.68. The van der Waals surface area contributed by atoms with Gasteiger partial charge in [-0.05, 0) is 69.3 Å². The first-order valence-corrected chi connectivity index (χ1v) is 10.9. The molecule has 0 aliphatic carbocycles. The van der Waals surface area contributed by atoms with Gasteiger partial charge < -0.3 is 10.6 Å². The second-order valence-electron chi connectivity index (χ2n) is 8.64. The topological polar surface area (TPSA) is 62.2 Å². The van der Waals surface area contributed by atoms with Gasteiger partial charge in [0.05, 0.1) is 11.7 Å². The van der Waals surface area contributed by atoms with Gasteiger partial charge in [-0.2, -0.15) is 5.10 Å². The minimum absolute atomic E-state index is 0. The van der Waals surface area contributed by atoms with Crippen LogP contribution in [0.15, 0.2) is 30.5 Å². The molecule has 0 radical (unpaired) electrons. The summed E-state index contributed by atoms with van der Waals surface area (Å²) < 4.78 is 1.95. The number of hydrogen-bond donors (Lipinski definition) is 2. The molecule has 2 aliphatic rings. The second kappa shape index (κ2) is 10.4. The standard InChI is InChI=1S/C23H33N5O.ClH/c1-17-7-8-19(20(13-17)22-9-11-26-27(22)2)16-28-12-4-5-18(15-28)14-25-23(29)21-6-3-10-24-21;/h7-9,11,13,18,21,24H,3-6,10,12,14-16H2,1-2H3,(H,25,29);1H. The first-order chi connectivity index (χ1) is 14.1. The number of halogens is 1. The van der Waals surface area contributed by atoms with E-state index in [1.165, 1.54) is 29.5 Å². The van der Waals surface area contributed by atoms with Gasteiger partial charge in [0.2, 0.25) is 5.91 Å². The van der Waals surface area contributed by atoms with Crippen LogP contribution in [0.25, 0.3) is 11.3 Å². The first kappa shape index (κ1) is 22.8. The molecule has 6 nitrogen and oxygen atoms in total. The van der Waals surface area contributed by atoms with Crippen LogP contribution in [0.2, 0.25) is 0 Å². The summed E-state index contributed by atoms with van der Waals surface area (Å²) in [6.07, 6.45) is 6.31. The van der Waals surface area contributed by atoms with Crippen molar-refractivity contribution in [1.82, 2.24) is 25.3 Å². The van der Waals surface area contributed by atoms with E-state index in [1.807, 2.05) is 17.9 Å². The summed E-state index contributed by atoms with van der Waals surface area (Å²) in [6.45, 7) is 6.99. The Morgan fingerprint density at radius 3 is 2.87 bits per heavy atom. The van der Waals surface area contributed by atoms with Crippen LogP contribution in [0.4, 0.5) is 0 Å². The van der Waals surface area contributed by atoms with Gasteiger partial charge in [-0.15, -0.1) is 12.4 Å². The van der Waals surface area contributed by atoms with Gasteiger partial charge in [0.15, 0.2) is 0 Å². The maximum Gasteiger partial charge on any atom is 0.237 e. The minimum atomic E-state index is 0. The van der Waals surface area contributed by atoms with Crippen molar-refractivity contribution in [3.63, 3.8) is 0 Å². The molecule has 7 heteroatoms. The number of carbonyl (C=O) groups excluding carboxylic acids is 1. The molecule has 2 unspecified atom stereocenters. The van der Waals surface area contributed by atoms with Crippen molar-refractivity contribution < 1.29 is 4.79 Å². The van der Waals surface area contributed by atoms with Crippen molar-refractivity contribution in [3.8, 4) is 11.3 Å². The van der Waals surface area contributed by atoms with Gasteiger partial charge in [0.1, 0.15) is 0 Å². The number of hydrogen-bond acceptors (Lipinski definition) is 4. The molecule has 0 saturated carbocycles. The molecule has 0 spiro atoms. The highest BCUT2D eigenvalue weighted by molar-refractivity contribution is 5.85. The lowest BCUT2D eigenvalue weighted by atomic mass is 9.96. The van der Waals surface area contributed by atoms with Crippen LogP contribution in [0, 0.1) is 12.8 Å². The molecule has 2 aliphatic heterocycles. The molecule has 1 aromatic heterocycles. The highest BCUT2D eigenvalue weighted by atomic mass is 35.5. The number of aromatic nitrogens is 2. The average molecular weight is 432 g/mol. The van der Waals surface area contributed by atoms with Crippen molar-refractivity contribution in [2.24, 2.45) is 13.0 Å². The first-order valence-electron chi connectivity index (χ1n) is 10.9. The fraction of sp³-hybridized carbons (Fsp3) is 0.565. The van der Waals surface area contributed by atoms with E-state index in [2.05, 4.69) is 51.8 Å².